The van der Waals surface area contributed by atoms with Gasteiger partial charge in [-0.15, -0.1) is 0 Å². The fraction of sp³-hybridized carbons (Fsp3) is 0.438. The minimum Gasteiger partial charge on any atom is -0.351 e. The molecular formula is C16H21N3S. The van der Waals surface area contributed by atoms with E-state index in [9.17, 15) is 0 Å². The van der Waals surface area contributed by atoms with Gasteiger partial charge in [0.05, 0.1) is 5.69 Å². The van der Waals surface area contributed by atoms with Crippen molar-refractivity contribution in [3.8, 4) is 11.3 Å². The highest BCUT2D eigenvalue weighted by atomic mass is 32.1. The van der Waals surface area contributed by atoms with Crippen LogP contribution >= 0.6 is 11.3 Å². The molecule has 1 saturated carbocycles. The largest absolute Gasteiger partial charge is 0.351 e. The quantitative estimate of drug-likeness (QED) is 0.915. The van der Waals surface area contributed by atoms with Gasteiger partial charge in [0.1, 0.15) is 0 Å². The van der Waals surface area contributed by atoms with Gasteiger partial charge in [0.2, 0.25) is 0 Å². The number of hydrogen-bond donors (Lipinski definition) is 1. The van der Waals surface area contributed by atoms with Crippen LogP contribution in [0.5, 0.6) is 0 Å². The van der Waals surface area contributed by atoms with Gasteiger partial charge in [-0.1, -0.05) is 48.1 Å². The molecule has 0 bridgehead atoms. The van der Waals surface area contributed by atoms with Crippen molar-refractivity contribution in [2.45, 2.75) is 25.8 Å². The van der Waals surface area contributed by atoms with Crippen LogP contribution in [-0.2, 0) is 6.54 Å². The van der Waals surface area contributed by atoms with Crippen LogP contribution in [0.15, 0.2) is 30.3 Å². The lowest BCUT2D eigenvalue weighted by Crippen LogP contribution is -2.29. The monoisotopic (exact) mass is 287 g/mol. The lowest BCUT2D eigenvalue weighted by Gasteiger charge is -2.29. The second kappa shape index (κ2) is 5.94. The molecule has 3 rings (SSSR count). The number of nitrogens with two attached hydrogens (primary N) is 1. The van der Waals surface area contributed by atoms with Crippen LogP contribution in [0, 0.1) is 5.92 Å². The number of anilines is 1. The van der Waals surface area contributed by atoms with Crippen molar-refractivity contribution in [3.05, 3.63) is 35.2 Å². The Morgan fingerprint density at radius 3 is 2.65 bits per heavy atom. The fourth-order valence-electron chi connectivity index (χ4n) is 2.60. The van der Waals surface area contributed by atoms with E-state index in [0.29, 0.717) is 6.54 Å². The van der Waals surface area contributed by atoms with E-state index in [2.05, 4.69) is 24.1 Å². The molecule has 0 atom stereocenters. The molecule has 0 spiro atoms. The highest BCUT2D eigenvalue weighted by molar-refractivity contribution is 7.16. The molecule has 1 fully saturated rings. The first kappa shape index (κ1) is 13.6. The Bertz CT molecular complexity index is 560. The SMILES string of the molecule is CN(CC1CCC1)c1nc(-c2ccccc2)c(CN)s1. The topological polar surface area (TPSA) is 42.2 Å². The molecule has 0 radical (unpaired) electrons. The van der Waals surface area contributed by atoms with Crippen molar-refractivity contribution < 1.29 is 0 Å². The Morgan fingerprint density at radius 2 is 2.05 bits per heavy atom. The number of rotatable bonds is 5. The summed E-state index contributed by atoms with van der Waals surface area (Å²) >= 11 is 1.73. The smallest absolute Gasteiger partial charge is 0.185 e. The van der Waals surface area contributed by atoms with Crippen molar-refractivity contribution >= 4 is 16.5 Å². The van der Waals surface area contributed by atoms with Gasteiger partial charge >= 0.3 is 0 Å². The number of thiazole rings is 1. The molecule has 4 heteroatoms. The third kappa shape index (κ3) is 2.72. The van der Waals surface area contributed by atoms with E-state index in [-0.39, 0.29) is 0 Å². The minimum absolute atomic E-state index is 0.555. The second-order valence-corrected chi connectivity index (χ2v) is 6.58. The maximum Gasteiger partial charge on any atom is 0.185 e. The molecule has 1 aromatic heterocycles. The predicted molar refractivity (Wildman–Crippen MR) is 86.1 cm³/mol. The zero-order chi connectivity index (χ0) is 13.9. The minimum atomic E-state index is 0.555. The molecule has 0 aliphatic heterocycles. The molecule has 3 nitrogen and oxygen atoms in total. The Hall–Kier alpha value is -1.39. The van der Waals surface area contributed by atoms with Crippen LogP contribution in [0.2, 0.25) is 0 Å². The van der Waals surface area contributed by atoms with E-state index in [1.54, 1.807) is 11.3 Å². The summed E-state index contributed by atoms with van der Waals surface area (Å²) in [5.41, 5.74) is 8.10. The van der Waals surface area contributed by atoms with Gasteiger partial charge < -0.3 is 10.6 Å². The number of benzene rings is 1. The summed E-state index contributed by atoms with van der Waals surface area (Å²) < 4.78 is 0. The van der Waals surface area contributed by atoms with Crippen LogP contribution in [-0.4, -0.2) is 18.6 Å². The maximum atomic E-state index is 5.89. The van der Waals surface area contributed by atoms with E-state index >= 15 is 0 Å². The molecule has 1 aliphatic carbocycles. The number of nitrogens with zero attached hydrogens (tertiary/aromatic N) is 2. The van der Waals surface area contributed by atoms with E-state index in [1.807, 2.05) is 18.2 Å². The summed E-state index contributed by atoms with van der Waals surface area (Å²) in [5.74, 6) is 0.852. The van der Waals surface area contributed by atoms with Gasteiger partial charge in [-0.25, -0.2) is 4.98 Å². The van der Waals surface area contributed by atoms with Gasteiger partial charge in [0, 0.05) is 30.6 Å². The van der Waals surface area contributed by atoms with E-state index in [4.69, 9.17) is 10.7 Å². The Balaban J connectivity index is 1.84. The Kier molecular flexibility index (Phi) is 4.03. The molecule has 20 heavy (non-hydrogen) atoms. The lowest BCUT2D eigenvalue weighted by molar-refractivity contribution is 0.321. The molecule has 106 valence electrons. The Labute approximate surface area is 124 Å². The predicted octanol–water partition coefficient (Wildman–Crippen LogP) is 3.51. The molecule has 1 aliphatic rings. The van der Waals surface area contributed by atoms with Crippen LogP contribution in [0.4, 0.5) is 5.13 Å². The molecule has 2 N–H and O–H groups in total. The van der Waals surface area contributed by atoms with E-state index < -0.39 is 0 Å². The van der Waals surface area contributed by atoms with Crippen molar-refractivity contribution in [3.63, 3.8) is 0 Å². The van der Waals surface area contributed by atoms with Gasteiger partial charge in [-0.3, -0.25) is 0 Å². The van der Waals surface area contributed by atoms with Crippen molar-refractivity contribution in [2.24, 2.45) is 11.7 Å². The summed E-state index contributed by atoms with van der Waals surface area (Å²) in [4.78, 5) is 8.29. The fourth-order valence-corrected chi connectivity index (χ4v) is 3.53. The van der Waals surface area contributed by atoms with Crippen molar-refractivity contribution in [2.75, 3.05) is 18.5 Å². The normalized spacial score (nSPS) is 15.1. The molecule has 2 aromatic rings. The molecule has 0 saturated heterocycles. The van der Waals surface area contributed by atoms with Crippen molar-refractivity contribution in [1.29, 1.82) is 0 Å². The van der Waals surface area contributed by atoms with Crippen LogP contribution in [0.25, 0.3) is 11.3 Å². The number of aromatic nitrogens is 1. The van der Waals surface area contributed by atoms with E-state index in [0.717, 1.165) is 28.9 Å². The lowest BCUT2D eigenvalue weighted by atomic mass is 9.85. The molecule has 0 unspecified atom stereocenters. The summed E-state index contributed by atoms with van der Waals surface area (Å²) in [6.45, 7) is 1.67. The van der Waals surface area contributed by atoms with Gasteiger partial charge in [0.25, 0.3) is 0 Å². The van der Waals surface area contributed by atoms with E-state index in [1.165, 1.54) is 24.1 Å². The zero-order valence-electron chi connectivity index (χ0n) is 11.9. The first-order valence-electron chi connectivity index (χ1n) is 7.24. The first-order valence-corrected chi connectivity index (χ1v) is 8.06. The van der Waals surface area contributed by atoms with Gasteiger partial charge in [-0.05, 0) is 18.8 Å². The highest BCUT2D eigenvalue weighted by Gasteiger charge is 2.21. The van der Waals surface area contributed by atoms with Crippen LogP contribution < -0.4 is 10.6 Å². The third-order valence-electron chi connectivity index (χ3n) is 4.00. The average Bonchev–Trinajstić information content (AvgIpc) is 2.88. The summed E-state index contributed by atoms with van der Waals surface area (Å²) in [6.07, 6.45) is 4.12. The molecular weight excluding hydrogens is 266 g/mol. The average molecular weight is 287 g/mol. The first-order chi connectivity index (χ1) is 9.78. The Morgan fingerprint density at radius 1 is 1.30 bits per heavy atom. The summed E-state index contributed by atoms with van der Waals surface area (Å²) in [7, 11) is 2.15. The number of hydrogen-bond acceptors (Lipinski definition) is 4. The molecule has 0 amide bonds. The maximum absolute atomic E-state index is 5.89. The summed E-state index contributed by atoms with van der Waals surface area (Å²) in [5, 5.41) is 1.09. The highest BCUT2D eigenvalue weighted by Crippen LogP contribution is 2.34. The van der Waals surface area contributed by atoms with Gasteiger partial charge in [-0.2, -0.15) is 0 Å². The standard InChI is InChI=1S/C16H21N3S/c1-19(11-12-6-5-7-12)16-18-15(14(10-17)20-16)13-8-3-2-4-9-13/h2-4,8-9,12H,5-7,10-11,17H2,1H3. The van der Waals surface area contributed by atoms with Gasteiger partial charge in [0.15, 0.2) is 5.13 Å². The van der Waals surface area contributed by atoms with Crippen molar-refractivity contribution in [1.82, 2.24) is 4.98 Å². The third-order valence-corrected chi connectivity index (χ3v) is 5.19. The molecule has 1 aromatic carbocycles. The summed E-state index contributed by atoms with van der Waals surface area (Å²) in [6, 6.07) is 10.3. The van der Waals surface area contributed by atoms with Crippen LogP contribution in [0.1, 0.15) is 24.1 Å². The molecule has 1 heterocycles. The van der Waals surface area contributed by atoms with Crippen LogP contribution in [0.3, 0.4) is 0 Å². The zero-order valence-corrected chi connectivity index (χ0v) is 12.7. The second-order valence-electron chi connectivity index (χ2n) is 5.52.